The van der Waals surface area contributed by atoms with Gasteiger partial charge in [0.05, 0.1) is 0 Å². The molecule has 0 heterocycles. The van der Waals surface area contributed by atoms with Crippen molar-refractivity contribution in [3.05, 3.63) is 0 Å². The highest BCUT2D eigenvalue weighted by atomic mass is 14.4. The molecule has 0 nitrogen and oxygen atoms in total. The minimum atomic E-state index is 0.700. The van der Waals surface area contributed by atoms with Crippen molar-refractivity contribution in [3.63, 3.8) is 0 Å². The van der Waals surface area contributed by atoms with Crippen LogP contribution in [0.1, 0.15) is 104 Å². The maximum Gasteiger partial charge on any atom is -0.0326 e. The van der Waals surface area contributed by atoms with Crippen LogP contribution in [0.25, 0.3) is 0 Å². The molecule has 0 aromatic carbocycles. The van der Waals surface area contributed by atoms with E-state index < -0.39 is 0 Å². The van der Waals surface area contributed by atoms with Crippen LogP contribution in [0, 0.1) is 23.2 Å². The summed E-state index contributed by atoms with van der Waals surface area (Å²) in [6.45, 7) is 7.26. The fourth-order valence-electron chi connectivity index (χ4n) is 5.02. The van der Waals surface area contributed by atoms with Gasteiger partial charge in [-0.3, -0.25) is 0 Å². The molecule has 0 aliphatic heterocycles. The Morgan fingerprint density at radius 3 is 1.95 bits per heavy atom. The molecule has 0 unspecified atom stereocenters. The largest absolute Gasteiger partial charge is 0.0654 e. The third kappa shape index (κ3) is 4.50. The van der Waals surface area contributed by atoms with Gasteiger partial charge in [0.1, 0.15) is 0 Å². The van der Waals surface area contributed by atoms with Gasteiger partial charge in [-0.15, -0.1) is 0 Å². The predicted molar refractivity (Wildman–Crippen MR) is 89.9 cm³/mol. The lowest BCUT2D eigenvalue weighted by atomic mass is 9.63. The molecule has 0 aromatic rings. The van der Waals surface area contributed by atoms with E-state index in [0.717, 1.165) is 17.8 Å². The van der Waals surface area contributed by atoms with Crippen LogP contribution in [0.15, 0.2) is 0 Å². The maximum atomic E-state index is 2.57. The van der Waals surface area contributed by atoms with Gasteiger partial charge in [-0.25, -0.2) is 0 Å². The first-order valence-corrected chi connectivity index (χ1v) is 9.67. The van der Waals surface area contributed by atoms with Crippen LogP contribution >= 0.6 is 0 Å². The molecule has 0 radical (unpaired) electrons. The average Bonchev–Trinajstić information content (AvgIpc) is 2.47. The van der Waals surface area contributed by atoms with Crippen LogP contribution in [0.2, 0.25) is 0 Å². The van der Waals surface area contributed by atoms with Crippen LogP contribution in [-0.2, 0) is 0 Å². The summed E-state index contributed by atoms with van der Waals surface area (Å²) in [7, 11) is 0. The monoisotopic (exact) mass is 278 g/mol. The molecule has 0 N–H and O–H groups in total. The van der Waals surface area contributed by atoms with Gasteiger partial charge in [0, 0.05) is 0 Å². The Morgan fingerprint density at radius 1 is 0.800 bits per heavy atom. The minimum absolute atomic E-state index is 0.700. The van der Waals surface area contributed by atoms with E-state index in [1.54, 1.807) is 38.5 Å². The molecule has 2 aliphatic carbocycles. The Hall–Kier alpha value is 0. The third-order valence-electron chi connectivity index (χ3n) is 6.63. The summed E-state index contributed by atoms with van der Waals surface area (Å²) in [5.41, 5.74) is 0.700. The molecule has 0 spiro atoms. The van der Waals surface area contributed by atoms with Crippen LogP contribution in [0.5, 0.6) is 0 Å². The van der Waals surface area contributed by atoms with Gasteiger partial charge >= 0.3 is 0 Å². The first-order valence-electron chi connectivity index (χ1n) is 9.67. The van der Waals surface area contributed by atoms with Crippen molar-refractivity contribution in [1.82, 2.24) is 0 Å². The van der Waals surface area contributed by atoms with Gasteiger partial charge in [-0.1, -0.05) is 59.3 Å². The second-order valence-corrected chi connectivity index (χ2v) is 8.32. The fourth-order valence-corrected chi connectivity index (χ4v) is 5.02. The molecule has 118 valence electrons. The molecule has 0 aromatic heterocycles. The fraction of sp³-hybridized carbons (Fsp3) is 1.00. The molecule has 0 saturated heterocycles. The zero-order chi connectivity index (χ0) is 14.4. The van der Waals surface area contributed by atoms with Crippen molar-refractivity contribution in [3.8, 4) is 0 Å². The second-order valence-electron chi connectivity index (χ2n) is 8.32. The summed E-state index contributed by atoms with van der Waals surface area (Å²) in [5, 5.41) is 0. The standard InChI is InChI=1S/C20H38/c1-4-6-14-20(3)15-12-19(13-16-20)18-10-8-17(7-5-2)9-11-18/h17-19H,4-16H2,1-3H3. The molecule has 20 heavy (non-hydrogen) atoms. The summed E-state index contributed by atoms with van der Waals surface area (Å²) in [4.78, 5) is 0. The van der Waals surface area contributed by atoms with Gasteiger partial charge in [0.2, 0.25) is 0 Å². The summed E-state index contributed by atoms with van der Waals surface area (Å²) < 4.78 is 0. The Bertz CT molecular complexity index is 251. The van der Waals surface area contributed by atoms with Crippen molar-refractivity contribution >= 4 is 0 Å². The number of rotatable bonds is 6. The number of hydrogen-bond donors (Lipinski definition) is 0. The Morgan fingerprint density at radius 2 is 1.40 bits per heavy atom. The molecule has 0 heteroatoms. The van der Waals surface area contributed by atoms with E-state index in [0.29, 0.717) is 5.41 Å². The second kappa shape index (κ2) is 7.85. The van der Waals surface area contributed by atoms with Crippen LogP contribution < -0.4 is 0 Å². The number of hydrogen-bond acceptors (Lipinski definition) is 0. The minimum Gasteiger partial charge on any atom is -0.0654 e. The van der Waals surface area contributed by atoms with Crippen LogP contribution in [0.4, 0.5) is 0 Å². The molecule has 2 aliphatic rings. The van der Waals surface area contributed by atoms with Crippen molar-refractivity contribution in [2.45, 2.75) is 104 Å². The SMILES string of the molecule is CCCCC1(C)CCC(C2CCC(CCC)CC2)CC1. The smallest absolute Gasteiger partial charge is 0.0326 e. The summed E-state index contributed by atoms with van der Waals surface area (Å²) in [5.74, 6) is 3.26. The summed E-state index contributed by atoms with van der Waals surface area (Å²) >= 11 is 0. The summed E-state index contributed by atoms with van der Waals surface area (Å²) in [6.07, 6.45) is 19.5. The van der Waals surface area contributed by atoms with Crippen LogP contribution in [-0.4, -0.2) is 0 Å². The first kappa shape index (κ1) is 16.4. The molecular formula is C20H38. The Labute approximate surface area is 128 Å². The molecule has 2 saturated carbocycles. The molecule has 0 amide bonds. The van der Waals surface area contributed by atoms with E-state index >= 15 is 0 Å². The highest BCUT2D eigenvalue weighted by Gasteiger charge is 2.35. The van der Waals surface area contributed by atoms with Crippen molar-refractivity contribution < 1.29 is 0 Å². The molecule has 2 rings (SSSR count). The van der Waals surface area contributed by atoms with Gasteiger partial charge in [-0.05, 0) is 68.1 Å². The first-order chi connectivity index (χ1) is 9.67. The van der Waals surface area contributed by atoms with E-state index in [4.69, 9.17) is 0 Å². The molecular weight excluding hydrogens is 240 g/mol. The quantitative estimate of drug-likeness (QED) is 0.491. The van der Waals surface area contributed by atoms with Gasteiger partial charge in [-0.2, -0.15) is 0 Å². The van der Waals surface area contributed by atoms with E-state index in [2.05, 4.69) is 20.8 Å². The highest BCUT2D eigenvalue weighted by molar-refractivity contribution is 4.86. The summed E-state index contributed by atoms with van der Waals surface area (Å²) in [6, 6.07) is 0. The van der Waals surface area contributed by atoms with Crippen molar-refractivity contribution in [2.75, 3.05) is 0 Å². The van der Waals surface area contributed by atoms with Gasteiger partial charge in [0.15, 0.2) is 0 Å². The van der Waals surface area contributed by atoms with Gasteiger partial charge < -0.3 is 0 Å². The van der Waals surface area contributed by atoms with Crippen molar-refractivity contribution in [2.24, 2.45) is 23.2 Å². The van der Waals surface area contributed by atoms with E-state index in [1.807, 2.05) is 0 Å². The van der Waals surface area contributed by atoms with Crippen molar-refractivity contribution in [1.29, 1.82) is 0 Å². The topological polar surface area (TPSA) is 0 Å². The normalized spacial score (nSPS) is 38.9. The Kier molecular flexibility index (Phi) is 6.43. The molecule has 0 atom stereocenters. The lowest BCUT2D eigenvalue weighted by molar-refractivity contribution is 0.0955. The zero-order valence-electron chi connectivity index (χ0n) is 14.4. The highest BCUT2D eigenvalue weighted by Crippen LogP contribution is 2.47. The zero-order valence-corrected chi connectivity index (χ0v) is 14.4. The lowest BCUT2D eigenvalue weighted by Crippen LogP contribution is -2.30. The van der Waals surface area contributed by atoms with E-state index in [9.17, 15) is 0 Å². The molecule has 2 fully saturated rings. The Balaban J connectivity index is 1.72. The number of unbranched alkanes of at least 4 members (excludes halogenated alkanes) is 1. The van der Waals surface area contributed by atoms with E-state index in [1.165, 1.54) is 44.9 Å². The molecule has 0 bridgehead atoms. The third-order valence-corrected chi connectivity index (χ3v) is 6.63. The predicted octanol–water partition coefficient (Wildman–Crippen LogP) is 6.98. The van der Waals surface area contributed by atoms with Gasteiger partial charge in [0.25, 0.3) is 0 Å². The maximum absolute atomic E-state index is 2.57. The van der Waals surface area contributed by atoms with Crippen LogP contribution in [0.3, 0.4) is 0 Å². The lowest BCUT2D eigenvalue weighted by Gasteiger charge is -2.42. The van der Waals surface area contributed by atoms with E-state index in [-0.39, 0.29) is 0 Å². The average molecular weight is 279 g/mol.